The molecule has 2 unspecified atom stereocenters. The van der Waals surface area contributed by atoms with Crippen LogP contribution in [-0.4, -0.2) is 16.9 Å². The minimum absolute atomic E-state index is 0.452. The van der Waals surface area contributed by atoms with Gasteiger partial charge in [0.05, 0.1) is 0 Å². The molecule has 0 aromatic rings. The molecular formula is C6H10Cl2O2. The average molecular weight is 185 g/mol. The highest BCUT2D eigenvalue weighted by molar-refractivity contribution is 6.30. The van der Waals surface area contributed by atoms with Crippen molar-refractivity contribution in [3.8, 4) is 0 Å². The highest BCUT2D eigenvalue weighted by atomic mass is 35.5. The summed E-state index contributed by atoms with van der Waals surface area (Å²) in [4.78, 5) is 10.7. The van der Waals surface area contributed by atoms with Crippen LogP contribution in [0.4, 0.5) is 0 Å². The van der Waals surface area contributed by atoms with Crippen molar-refractivity contribution in [3.05, 3.63) is 0 Å². The van der Waals surface area contributed by atoms with Gasteiger partial charge in [-0.15, -0.1) is 11.6 Å². The van der Waals surface area contributed by atoms with Gasteiger partial charge in [-0.05, 0) is 13.3 Å². The van der Waals surface area contributed by atoms with Crippen LogP contribution in [0.25, 0.3) is 0 Å². The van der Waals surface area contributed by atoms with Gasteiger partial charge >= 0.3 is 5.97 Å². The van der Waals surface area contributed by atoms with Crippen LogP contribution in [0.1, 0.15) is 20.3 Å². The Hall–Kier alpha value is 0.0500. The topological polar surface area (TPSA) is 26.3 Å². The van der Waals surface area contributed by atoms with Gasteiger partial charge in [-0.2, -0.15) is 0 Å². The fraction of sp³-hybridized carbons (Fsp3) is 0.833. The molecule has 0 aliphatic rings. The maximum atomic E-state index is 10.7. The summed E-state index contributed by atoms with van der Waals surface area (Å²) in [6, 6.07) is 0. The van der Waals surface area contributed by atoms with Crippen LogP contribution >= 0.6 is 23.2 Å². The summed E-state index contributed by atoms with van der Waals surface area (Å²) in [5, 5.41) is -0.568. The molecule has 60 valence electrons. The summed E-state index contributed by atoms with van der Waals surface area (Å²) >= 11 is 10.9. The molecule has 10 heavy (non-hydrogen) atoms. The molecule has 0 aliphatic heterocycles. The second kappa shape index (κ2) is 4.80. The number of hydrogen-bond acceptors (Lipinski definition) is 2. The van der Waals surface area contributed by atoms with Crippen LogP contribution in [0.3, 0.4) is 0 Å². The number of rotatable bonds is 3. The maximum absolute atomic E-state index is 10.7. The van der Waals surface area contributed by atoms with Gasteiger partial charge in [-0.25, -0.2) is 0 Å². The largest absolute Gasteiger partial charge is 0.445 e. The van der Waals surface area contributed by atoms with E-state index in [1.807, 2.05) is 0 Å². The van der Waals surface area contributed by atoms with Gasteiger partial charge in [-0.1, -0.05) is 18.5 Å². The molecule has 0 heterocycles. The van der Waals surface area contributed by atoms with E-state index in [4.69, 9.17) is 23.2 Å². The summed E-state index contributed by atoms with van der Waals surface area (Å²) in [6.45, 7) is 3.37. The molecular weight excluding hydrogens is 175 g/mol. The van der Waals surface area contributed by atoms with Crippen LogP contribution < -0.4 is 0 Å². The third-order valence-corrected chi connectivity index (χ3v) is 1.47. The number of esters is 1. The standard InChI is InChI=1S/C6H10Cl2O2/c1-3-5(8)6(9)10-4(2)7/h4-5H,3H2,1-2H3. The first-order valence-corrected chi connectivity index (χ1v) is 3.93. The van der Waals surface area contributed by atoms with Crippen molar-refractivity contribution in [1.29, 1.82) is 0 Å². The molecule has 0 rings (SSSR count). The molecule has 0 bridgehead atoms. The Labute approximate surface area is 70.4 Å². The minimum atomic E-state index is -0.597. The summed E-state index contributed by atoms with van der Waals surface area (Å²) in [5.41, 5.74) is -0.597. The van der Waals surface area contributed by atoms with Crippen LogP contribution in [0.2, 0.25) is 0 Å². The van der Waals surface area contributed by atoms with E-state index in [-0.39, 0.29) is 0 Å². The molecule has 0 fully saturated rings. The first-order chi connectivity index (χ1) is 4.57. The lowest BCUT2D eigenvalue weighted by Crippen LogP contribution is -2.19. The lowest BCUT2D eigenvalue weighted by atomic mass is 10.3. The Morgan fingerprint density at radius 3 is 2.40 bits per heavy atom. The smallest absolute Gasteiger partial charge is 0.325 e. The highest BCUT2D eigenvalue weighted by Gasteiger charge is 2.15. The summed E-state index contributed by atoms with van der Waals surface area (Å²) in [7, 11) is 0. The number of carbonyl (C=O) groups is 1. The van der Waals surface area contributed by atoms with Gasteiger partial charge < -0.3 is 4.74 Å². The first kappa shape index (κ1) is 10.0. The van der Waals surface area contributed by atoms with Gasteiger partial charge in [0.1, 0.15) is 5.38 Å². The van der Waals surface area contributed by atoms with E-state index in [0.717, 1.165) is 0 Å². The third-order valence-electron chi connectivity index (χ3n) is 0.893. The normalized spacial score (nSPS) is 16.0. The summed E-state index contributed by atoms with van der Waals surface area (Å²) in [5.74, 6) is -0.452. The van der Waals surface area contributed by atoms with E-state index in [9.17, 15) is 4.79 Å². The van der Waals surface area contributed by atoms with E-state index in [2.05, 4.69) is 4.74 Å². The molecule has 0 N–H and O–H groups in total. The molecule has 0 aliphatic carbocycles. The lowest BCUT2D eigenvalue weighted by Gasteiger charge is -2.08. The zero-order valence-corrected chi connectivity index (χ0v) is 7.45. The van der Waals surface area contributed by atoms with Gasteiger partial charge in [0.2, 0.25) is 0 Å². The Balaban J connectivity index is 3.62. The predicted octanol–water partition coefficient (Wildman–Crippen LogP) is 2.13. The molecule has 0 amide bonds. The molecule has 0 radical (unpaired) electrons. The van der Waals surface area contributed by atoms with Crippen molar-refractivity contribution in [1.82, 2.24) is 0 Å². The van der Waals surface area contributed by atoms with E-state index in [1.54, 1.807) is 13.8 Å². The molecule has 0 saturated heterocycles. The molecule has 0 aromatic heterocycles. The fourth-order valence-electron chi connectivity index (χ4n) is 0.401. The quantitative estimate of drug-likeness (QED) is 0.497. The molecule has 2 nitrogen and oxygen atoms in total. The van der Waals surface area contributed by atoms with Crippen molar-refractivity contribution in [2.24, 2.45) is 0 Å². The van der Waals surface area contributed by atoms with Crippen molar-refractivity contribution < 1.29 is 9.53 Å². The Morgan fingerprint density at radius 1 is 1.60 bits per heavy atom. The Morgan fingerprint density at radius 2 is 2.10 bits per heavy atom. The Kier molecular flexibility index (Phi) is 4.83. The Bertz CT molecular complexity index is 114. The molecule has 0 spiro atoms. The molecule has 4 heteroatoms. The summed E-state index contributed by atoms with van der Waals surface area (Å²) in [6.07, 6.45) is 0.560. The van der Waals surface area contributed by atoms with Gasteiger partial charge in [0.15, 0.2) is 5.56 Å². The lowest BCUT2D eigenvalue weighted by molar-refractivity contribution is -0.144. The van der Waals surface area contributed by atoms with E-state index >= 15 is 0 Å². The highest BCUT2D eigenvalue weighted by Crippen LogP contribution is 2.06. The predicted molar refractivity (Wildman–Crippen MR) is 41.3 cm³/mol. The van der Waals surface area contributed by atoms with Gasteiger partial charge in [-0.3, -0.25) is 4.79 Å². The number of halogens is 2. The van der Waals surface area contributed by atoms with Crippen LogP contribution in [0.5, 0.6) is 0 Å². The van der Waals surface area contributed by atoms with E-state index in [0.29, 0.717) is 6.42 Å². The van der Waals surface area contributed by atoms with Crippen LogP contribution in [0, 0.1) is 0 Å². The molecule has 0 saturated carbocycles. The number of alkyl halides is 2. The van der Waals surface area contributed by atoms with Crippen LogP contribution in [-0.2, 0) is 9.53 Å². The third kappa shape index (κ3) is 3.96. The first-order valence-electron chi connectivity index (χ1n) is 3.06. The number of carbonyl (C=O) groups excluding carboxylic acids is 1. The second-order valence-corrected chi connectivity index (χ2v) is 3.00. The van der Waals surface area contributed by atoms with Crippen molar-refractivity contribution >= 4 is 29.2 Å². The van der Waals surface area contributed by atoms with E-state index in [1.165, 1.54) is 0 Å². The van der Waals surface area contributed by atoms with Crippen molar-refractivity contribution in [3.63, 3.8) is 0 Å². The number of hydrogen-bond donors (Lipinski definition) is 0. The second-order valence-electron chi connectivity index (χ2n) is 1.86. The zero-order valence-electron chi connectivity index (χ0n) is 5.93. The maximum Gasteiger partial charge on any atom is 0.325 e. The minimum Gasteiger partial charge on any atom is -0.445 e. The van der Waals surface area contributed by atoms with Gasteiger partial charge in [0.25, 0.3) is 0 Å². The average Bonchev–Trinajstić information content (AvgIpc) is 1.85. The van der Waals surface area contributed by atoms with Gasteiger partial charge in [0, 0.05) is 0 Å². The monoisotopic (exact) mass is 184 g/mol. The van der Waals surface area contributed by atoms with E-state index < -0.39 is 16.9 Å². The molecule has 2 atom stereocenters. The van der Waals surface area contributed by atoms with Crippen LogP contribution in [0.15, 0.2) is 0 Å². The molecule has 0 aromatic carbocycles. The number of ether oxygens (including phenoxy) is 1. The zero-order chi connectivity index (χ0) is 8.15. The SMILES string of the molecule is CCC(Cl)C(=O)OC(C)Cl. The van der Waals surface area contributed by atoms with Crippen molar-refractivity contribution in [2.75, 3.05) is 0 Å². The fourth-order valence-corrected chi connectivity index (χ4v) is 0.540. The summed E-state index contributed by atoms with van der Waals surface area (Å²) < 4.78 is 4.60. The van der Waals surface area contributed by atoms with Crippen molar-refractivity contribution in [2.45, 2.75) is 31.2 Å².